The lowest BCUT2D eigenvalue weighted by Crippen LogP contribution is -2.13. The maximum Gasteiger partial charge on any atom is 0.126 e. The summed E-state index contributed by atoms with van der Waals surface area (Å²) in [5.74, 6) is 0.287. The molecular weight excluding hydrogens is 332 g/mol. The van der Waals surface area contributed by atoms with Gasteiger partial charge in [-0.3, -0.25) is 4.72 Å². The van der Waals surface area contributed by atoms with Crippen LogP contribution in [0, 0.1) is 4.78 Å². The van der Waals surface area contributed by atoms with Crippen molar-refractivity contribution in [1.82, 2.24) is 0 Å². The number of hydrogen-bond acceptors (Lipinski definition) is 2. The summed E-state index contributed by atoms with van der Waals surface area (Å²) < 4.78 is 23.3. The Morgan fingerprint density at radius 3 is 2.64 bits per heavy atom. The Labute approximate surface area is 101 Å². The molecule has 0 aromatic heterocycles. The molecule has 0 aliphatic rings. The minimum Gasteiger partial charge on any atom is -0.298 e. The number of benzene rings is 1. The van der Waals surface area contributed by atoms with Crippen LogP contribution in [0.3, 0.4) is 0 Å². The van der Waals surface area contributed by atoms with Crippen LogP contribution in [-0.2, 0) is 9.92 Å². The van der Waals surface area contributed by atoms with Gasteiger partial charge in [0.1, 0.15) is 9.92 Å². The van der Waals surface area contributed by atoms with E-state index in [1.165, 1.54) is 0 Å². The van der Waals surface area contributed by atoms with Gasteiger partial charge in [-0.15, -0.1) is 0 Å². The zero-order valence-corrected chi connectivity index (χ0v) is 11.5. The molecule has 14 heavy (non-hydrogen) atoms. The van der Waals surface area contributed by atoms with Gasteiger partial charge in [0.05, 0.1) is 5.69 Å². The molecule has 1 rings (SSSR count). The van der Waals surface area contributed by atoms with E-state index in [0.717, 1.165) is 8.95 Å². The predicted octanol–water partition coefficient (Wildman–Crippen LogP) is 3.61. The molecule has 0 heterocycles. The first-order valence-corrected chi connectivity index (χ1v) is 7.25. The van der Waals surface area contributed by atoms with Crippen molar-refractivity contribution in [2.45, 2.75) is 6.92 Å². The first-order chi connectivity index (χ1) is 6.44. The molecular formula is C8H10Br2N2OS. The van der Waals surface area contributed by atoms with E-state index in [1.807, 2.05) is 12.1 Å². The summed E-state index contributed by atoms with van der Waals surface area (Å²) in [6.45, 7) is 1.72. The molecule has 0 fully saturated rings. The molecule has 0 aliphatic carbocycles. The van der Waals surface area contributed by atoms with Crippen molar-refractivity contribution in [3.05, 3.63) is 27.1 Å². The molecule has 0 spiro atoms. The van der Waals surface area contributed by atoms with Crippen LogP contribution >= 0.6 is 31.9 Å². The molecule has 1 unspecified atom stereocenters. The van der Waals surface area contributed by atoms with Crippen LogP contribution in [0.4, 0.5) is 5.69 Å². The molecule has 1 atom stereocenters. The third-order valence-corrected chi connectivity index (χ3v) is 4.12. The minimum atomic E-state index is -2.70. The van der Waals surface area contributed by atoms with Gasteiger partial charge in [-0.1, -0.05) is 22.9 Å². The normalized spacial score (nSPS) is 14.8. The predicted molar refractivity (Wildman–Crippen MR) is 66.9 cm³/mol. The Morgan fingerprint density at radius 2 is 2.14 bits per heavy atom. The monoisotopic (exact) mass is 340 g/mol. The number of anilines is 1. The van der Waals surface area contributed by atoms with Gasteiger partial charge in [0.15, 0.2) is 0 Å². The summed E-state index contributed by atoms with van der Waals surface area (Å²) in [5.41, 5.74) is 0.676. The Bertz CT molecular complexity index is 431. The van der Waals surface area contributed by atoms with Crippen molar-refractivity contribution >= 4 is 47.5 Å². The summed E-state index contributed by atoms with van der Waals surface area (Å²) >= 11 is 6.64. The molecule has 0 bridgehead atoms. The highest BCUT2D eigenvalue weighted by molar-refractivity contribution is 9.11. The van der Waals surface area contributed by atoms with Crippen LogP contribution in [0.25, 0.3) is 0 Å². The molecule has 0 aliphatic heterocycles. The summed E-state index contributed by atoms with van der Waals surface area (Å²) in [7, 11) is -2.70. The van der Waals surface area contributed by atoms with Crippen molar-refractivity contribution in [3.63, 3.8) is 0 Å². The lowest BCUT2D eigenvalue weighted by atomic mass is 10.3. The van der Waals surface area contributed by atoms with Gasteiger partial charge in [-0.05, 0) is 34.1 Å². The van der Waals surface area contributed by atoms with E-state index in [9.17, 15) is 4.21 Å². The Kier molecular flexibility index (Phi) is 3.97. The summed E-state index contributed by atoms with van der Waals surface area (Å²) in [5, 5.41) is 0. The molecule has 3 nitrogen and oxygen atoms in total. The smallest absolute Gasteiger partial charge is 0.126 e. The highest BCUT2D eigenvalue weighted by Gasteiger charge is 2.06. The SMILES string of the molecule is CCS(=N)(=O)Nc1ccc(Br)cc1Br. The second kappa shape index (κ2) is 4.63. The quantitative estimate of drug-likeness (QED) is 0.867. The number of hydrogen-bond donors (Lipinski definition) is 2. The van der Waals surface area contributed by atoms with E-state index in [-0.39, 0.29) is 5.75 Å². The van der Waals surface area contributed by atoms with Gasteiger partial charge in [0.2, 0.25) is 0 Å². The fraction of sp³-hybridized carbons (Fsp3) is 0.250. The fourth-order valence-corrected chi connectivity index (χ4v) is 2.78. The second-order valence-corrected chi connectivity index (χ2v) is 6.59. The van der Waals surface area contributed by atoms with Gasteiger partial charge < -0.3 is 0 Å². The van der Waals surface area contributed by atoms with Gasteiger partial charge in [-0.2, -0.15) is 0 Å². The number of halogens is 2. The van der Waals surface area contributed by atoms with E-state index in [0.29, 0.717) is 5.69 Å². The molecule has 0 radical (unpaired) electrons. The van der Waals surface area contributed by atoms with Crippen molar-refractivity contribution < 1.29 is 4.21 Å². The lowest BCUT2D eigenvalue weighted by molar-refractivity contribution is 0.679. The Hall–Kier alpha value is -0.0700. The van der Waals surface area contributed by atoms with Gasteiger partial charge in [0.25, 0.3) is 0 Å². The third kappa shape index (κ3) is 3.25. The summed E-state index contributed by atoms with van der Waals surface area (Å²) in [6.07, 6.45) is 0. The van der Waals surface area contributed by atoms with E-state index in [4.69, 9.17) is 4.78 Å². The summed E-state index contributed by atoms with van der Waals surface area (Å²) in [6, 6.07) is 5.45. The molecule has 1 aromatic carbocycles. The molecule has 2 N–H and O–H groups in total. The zero-order valence-electron chi connectivity index (χ0n) is 7.51. The topological polar surface area (TPSA) is 53.0 Å². The maximum absolute atomic E-state index is 11.5. The molecule has 78 valence electrons. The van der Waals surface area contributed by atoms with E-state index in [2.05, 4.69) is 36.6 Å². The largest absolute Gasteiger partial charge is 0.298 e. The number of rotatable bonds is 3. The van der Waals surface area contributed by atoms with Gasteiger partial charge in [0, 0.05) is 14.7 Å². The van der Waals surface area contributed by atoms with Crippen LogP contribution in [0.5, 0.6) is 0 Å². The molecule has 6 heteroatoms. The zero-order chi connectivity index (χ0) is 10.8. The van der Waals surface area contributed by atoms with Crippen LogP contribution in [0.15, 0.2) is 27.1 Å². The highest BCUT2D eigenvalue weighted by atomic mass is 79.9. The van der Waals surface area contributed by atoms with Crippen LogP contribution in [0.1, 0.15) is 6.92 Å². The molecule has 1 aromatic rings. The minimum absolute atomic E-state index is 0.287. The van der Waals surface area contributed by atoms with Crippen LogP contribution < -0.4 is 4.72 Å². The van der Waals surface area contributed by atoms with Crippen molar-refractivity contribution in [3.8, 4) is 0 Å². The Balaban J connectivity index is 2.99. The third-order valence-electron chi connectivity index (χ3n) is 1.61. The molecule has 0 amide bonds. The van der Waals surface area contributed by atoms with Crippen LogP contribution in [-0.4, -0.2) is 9.96 Å². The highest BCUT2D eigenvalue weighted by Crippen LogP contribution is 2.26. The first-order valence-electron chi connectivity index (χ1n) is 3.94. The average Bonchev–Trinajstić information content (AvgIpc) is 2.10. The van der Waals surface area contributed by atoms with Crippen LogP contribution in [0.2, 0.25) is 0 Å². The maximum atomic E-state index is 11.5. The van der Waals surface area contributed by atoms with E-state index < -0.39 is 9.92 Å². The first kappa shape index (κ1) is 12.0. The number of nitrogens with one attached hydrogen (secondary N) is 2. The van der Waals surface area contributed by atoms with Crippen molar-refractivity contribution in [1.29, 1.82) is 4.78 Å². The average molecular weight is 342 g/mol. The standard InChI is InChI=1S/C8H10Br2N2OS/c1-2-14(11,13)12-8-4-3-6(9)5-7(8)10/h3-5H,2H2,1H3,(H2,11,12,13). The second-order valence-electron chi connectivity index (χ2n) is 2.69. The van der Waals surface area contributed by atoms with Gasteiger partial charge >= 0.3 is 0 Å². The van der Waals surface area contributed by atoms with Crippen molar-refractivity contribution in [2.75, 3.05) is 10.5 Å². The molecule has 0 saturated heterocycles. The lowest BCUT2D eigenvalue weighted by Gasteiger charge is -2.10. The van der Waals surface area contributed by atoms with Gasteiger partial charge in [-0.25, -0.2) is 8.99 Å². The van der Waals surface area contributed by atoms with E-state index >= 15 is 0 Å². The Morgan fingerprint density at radius 1 is 1.50 bits per heavy atom. The fourth-order valence-electron chi connectivity index (χ4n) is 0.822. The summed E-state index contributed by atoms with van der Waals surface area (Å²) in [4.78, 5) is 0. The van der Waals surface area contributed by atoms with Crippen molar-refractivity contribution in [2.24, 2.45) is 0 Å². The molecule has 0 saturated carbocycles. The van der Waals surface area contributed by atoms with E-state index in [1.54, 1.807) is 13.0 Å².